The Morgan fingerprint density at radius 3 is 2.47 bits per heavy atom. The van der Waals surface area contributed by atoms with Gasteiger partial charge in [-0.3, -0.25) is 29.6 Å². The van der Waals surface area contributed by atoms with Crippen molar-refractivity contribution in [1.82, 2.24) is 10.4 Å². The Bertz CT molecular complexity index is 1140. The van der Waals surface area contributed by atoms with Gasteiger partial charge in [0.25, 0.3) is 11.8 Å². The highest BCUT2D eigenvalue weighted by atomic mass is 35.5. The van der Waals surface area contributed by atoms with Gasteiger partial charge in [-0.15, -0.1) is 0 Å². The second-order valence-electron chi connectivity index (χ2n) is 8.05. The summed E-state index contributed by atoms with van der Waals surface area (Å²) in [5, 5.41) is 3.82. The van der Waals surface area contributed by atoms with Gasteiger partial charge in [0.2, 0.25) is 5.91 Å². The van der Waals surface area contributed by atoms with Crippen molar-refractivity contribution in [3.05, 3.63) is 64.7 Å². The minimum atomic E-state index is -0.838. The highest BCUT2D eigenvalue weighted by molar-refractivity contribution is 6.33. The van der Waals surface area contributed by atoms with Gasteiger partial charge in [-0.2, -0.15) is 0 Å². The first-order chi connectivity index (χ1) is 17.3. The zero-order chi connectivity index (χ0) is 26.1. The summed E-state index contributed by atoms with van der Waals surface area (Å²) in [6, 6.07) is 12.5. The Balaban J connectivity index is 1.43. The molecule has 0 spiro atoms. The average molecular weight is 516 g/mol. The van der Waals surface area contributed by atoms with E-state index in [1.807, 2.05) is 6.92 Å². The lowest BCUT2D eigenvalue weighted by molar-refractivity contribution is -0.151. The van der Waals surface area contributed by atoms with E-state index in [1.54, 1.807) is 18.2 Å². The topological polar surface area (TPSA) is 131 Å². The van der Waals surface area contributed by atoms with Gasteiger partial charge in [-0.05, 0) is 42.8 Å². The van der Waals surface area contributed by atoms with Crippen LogP contribution in [-0.4, -0.2) is 54.4 Å². The van der Waals surface area contributed by atoms with Gasteiger partial charge in [0.15, 0.2) is 6.61 Å². The fourth-order valence-electron chi connectivity index (χ4n) is 3.34. The number of hydrogen-bond donors (Lipinski definition) is 2. The molecule has 1 atom stereocenters. The number of carbonyl (C=O) groups excluding carboxylic acids is 5. The van der Waals surface area contributed by atoms with Gasteiger partial charge >= 0.3 is 11.9 Å². The molecule has 1 saturated heterocycles. The van der Waals surface area contributed by atoms with Gasteiger partial charge in [-0.25, -0.2) is 4.79 Å². The molecule has 0 bridgehead atoms. The minimum Gasteiger partial charge on any atom is -0.462 e. The van der Waals surface area contributed by atoms with E-state index in [0.29, 0.717) is 17.9 Å². The van der Waals surface area contributed by atoms with Crippen LogP contribution >= 0.6 is 11.6 Å². The lowest BCUT2D eigenvalue weighted by atomic mass is 10.1. The van der Waals surface area contributed by atoms with Gasteiger partial charge in [0.05, 0.1) is 35.2 Å². The maximum atomic E-state index is 12.4. The molecule has 190 valence electrons. The van der Waals surface area contributed by atoms with E-state index in [0.717, 1.165) is 17.9 Å². The SMILES string of the molecule is CCCCOC(=O)c1ccc(NC(=O)COC(=O)[C@@H]2CC(=O)N(NC(=O)c3ccccc3Cl)C2)cc1. The Morgan fingerprint density at radius 1 is 1.06 bits per heavy atom. The third-order valence-electron chi connectivity index (χ3n) is 5.29. The second kappa shape index (κ2) is 12.7. The maximum Gasteiger partial charge on any atom is 0.338 e. The Labute approximate surface area is 212 Å². The number of hydrazine groups is 1. The molecule has 2 aromatic rings. The molecule has 0 unspecified atom stereocenters. The molecule has 1 aliphatic heterocycles. The lowest BCUT2D eigenvalue weighted by Gasteiger charge is -2.18. The summed E-state index contributed by atoms with van der Waals surface area (Å²) in [5.41, 5.74) is 3.39. The average Bonchev–Trinajstić information content (AvgIpc) is 3.23. The van der Waals surface area contributed by atoms with E-state index in [-0.39, 0.29) is 23.6 Å². The zero-order valence-corrected chi connectivity index (χ0v) is 20.4. The van der Waals surface area contributed by atoms with Crippen molar-refractivity contribution in [2.75, 3.05) is 25.1 Å². The number of anilines is 1. The molecule has 1 heterocycles. The summed E-state index contributed by atoms with van der Waals surface area (Å²) in [6.07, 6.45) is 1.53. The molecule has 0 aromatic heterocycles. The number of hydrogen-bond acceptors (Lipinski definition) is 7. The molecule has 1 fully saturated rings. The van der Waals surface area contributed by atoms with Crippen LogP contribution < -0.4 is 10.7 Å². The third kappa shape index (κ3) is 7.29. The van der Waals surface area contributed by atoms with Crippen LogP contribution in [0.15, 0.2) is 48.5 Å². The maximum absolute atomic E-state index is 12.4. The number of carbonyl (C=O) groups is 5. The monoisotopic (exact) mass is 515 g/mol. The van der Waals surface area contributed by atoms with Crippen LogP contribution in [0.3, 0.4) is 0 Å². The smallest absolute Gasteiger partial charge is 0.338 e. The molecule has 0 radical (unpaired) electrons. The van der Waals surface area contributed by atoms with Gasteiger partial charge < -0.3 is 14.8 Å². The van der Waals surface area contributed by atoms with Crippen molar-refractivity contribution in [2.45, 2.75) is 26.2 Å². The fourth-order valence-corrected chi connectivity index (χ4v) is 3.56. The molecule has 0 aliphatic carbocycles. The quantitative estimate of drug-likeness (QED) is 0.367. The number of benzene rings is 2. The molecule has 3 rings (SSSR count). The van der Waals surface area contributed by atoms with Gasteiger partial charge in [0.1, 0.15) is 0 Å². The summed E-state index contributed by atoms with van der Waals surface area (Å²) in [5.74, 6) is -3.65. The molecule has 36 heavy (non-hydrogen) atoms. The first kappa shape index (κ1) is 26.7. The van der Waals surface area contributed by atoms with E-state index in [4.69, 9.17) is 21.1 Å². The zero-order valence-electron chi connectivity index (χ0n) is 19.6. The van der Waals surface area contributed by atoms with Gasteiger partial charge in [0, 0.05) is 12.1 Å². The predicted octanol–water partition coefficient (Wildman–Crippen LogP) is 2.97. The summed E-state index contributed by atoms with van der Waals surface area (Å²) in [6.45, 7) is 1.69. The number of nitrogens with one attached hydrogen (secondary N) is 2. The van der Waals surface area contributed by atoms with Crippen LogP contribution in [-0.2, 0) is 23.9 Å². The summed E-state index contributed by atoms with van der Waals surface area (Å²) >= 11 is 6.00. The van der Waals surface area contributed by atoms with Crippen molar-refractivity contribution in [2.24, 2.45) is 5.92 Å². The van der Waals surface area contributed by atoms with Crippen molar-refractivity contribution in [1.29, 1.82) is 0 Å². The van der Waals surface area contributed by atoms with Crippen LogP contribution in [0.1, 0.15) is 46.9 Å². The molecular weight excluding hydrogens is 490 g/mol. The first-order valence-corrected chi connectivity index (χ1v) is 11.8. The van der Waals surface area contributed by atoms with Crippen molar-refractivity contribution < 1.29 is 33.4 Å². The molecule has 3 amide bonds. The molecule has 2 aromatic carbocycles. The van der Waals surface area contributed by atoms with E-state index in [9.17, 15) is 24.0 Å². The number of halogens is 1. The molecule has 11 heteroatoms. The number of esters is 2. The number of amides is 3. The largest absolute Gasteiger partial charge is 0.462 e. The first-order valence-electron chi connectivity index (χ1n) is 11.4. The molecule has 1 aliphatic rings. The van der Waals surface area contributed by atoms with Crippen LogP contribution in [0.5, 0.6) is 0 Å². The standard InChI is InChI=1S/C25H26ClN3O7/c1-2-3-12-35-24(33)16-8-10-18(11-9-16)27-21(30)15-36-25(34)17-13-22(31)29(14-17)28-23(32)19-6-4-5-7-20(19)26/h4-11,17H,2-3,12-15H2,1H3,(H,27,30)(H,28,32)/t17-/m1/s1. The third-order valence-corrected chi connectivity index (χ3v) is 5.62. The highest BCUT2D eigenvalue weighted by Gasteiger charge is 2.37. The molecule has 2 N–H and O–H groups in total. The Kier molecular flexibility index (Phi) is 9.40. The summed E-state index contributed by atoms with van der Waals surface area (Å²) in [7, 11) is 0. The van der Waals surface area contributed by atoms with E-state index in [2.05, 4.69) is 10.7 Å². The summed E-state index contributed by atoms with van der Waals surface area (Å²) < 4.78 is 10.2. The minimum absolute atomic E-state index is 0.0920. The van der Waals surface area contributed by atoms with Crippen molar-refractivity contribution >= 4 is 46.9 Å². The fraction of sp³-hybridized carbons (Fsp3) is 0.320. The van der Waals surface area contributed by atoms with Crippen LogP contribution in [0, 0.1) is 5.92 Å². The second-order valence-corrected chi connectivity index (χ2v) is 8.46. The number of unbranched alkanes of at least 4 members (excludes halogenated alkanes) is 1. The number of rotatable bonds is 10. The molecule has 0 saturated carbocycles. The lowest BCUT2D eigenvalue weighted by Crippen LogP contribution is -2.43. The molecule has 10 nitrogen and oxygen atoms in total. The number of nitrogens with zero attached hydrogens (tertiary/aromatic N) is 1. The van der Waals surface area contributed by atoms with Crippen LogP contribution in [0.4, 0.5) is 5.69 Å². The normalized spacial score (nSPS) is 14.8. The number of ether oxygens (including phenoxy) is 2. The van der Waals surface area contributed by atoms with Crippen molar-refractivity contribution in [3.8, 4) is 0 Å². The van der Waals surface area contributed by atoms with Crippen LogP contribution in [0.2, 0.25) is 5.02 Å². The predicted molar refractivity (Wildman–Crippen MR) is 130 cm³/mol. The van der Waals surface area contributed by atoms with Crippen LogP contribution in [0.25, 0.3) is 0 Å². The Morgan fingerprint density at radius 2 is 1.78 bits per heavy atom. The van der Waals surface area contributed by atoms with E-state index >= 15 is 0 Å². The summed E-state index contributed by atoms with van der Waals surface area (Å²) in [4.78, 5) is 61.0. The Hall–Kier alpha value is -3.92. The highest BCUT2D eigenvalue weighted by Crippen LogP contribution is 2.20. The van der Waals surface area contributed by atoms with E-state index in [1.165, 1.54) is 30.3 Å². The van der Waals surface area contributed by atoms with Gasteiger partial charge in [-0.1, -0.05) is 37.1 Å². The molecular formula is C25H26ClN3O7. The van der Waals surface area contributed by atoms with E-state index < -0.39 is 42.2 Å². The van der Waals surface area contributed by atoms with Crippen molar-refractivity contribution in [3.63, 3.8) is 0 Å².